The molecule has 0 saturated carbocycles. The maximum Gasteiger partial charge on any atom is 0.313 e. The smallest absolute Gasteiger partial charge is 0.313 e. The van der Waals surface area contributed by atoms with Crippen molar-refractivity contribution in [2.24, 2.45) is 45.3 Å². The fraction of sp³-hybridized carbons (Fsp3) is 0.929. The molecule has 0 aromatic rings. The minimum Gasteiger partial charge on any atom is -0.465 e. The second-order valence-corrected chi connectivity index (χ2v) is 12.4. The molecule has 0 aliphatic carbocycles. The van der Waals surface area contributed by atoms with Crippen LogP contribution in [0.1, 0.15) is 110 Å². The Morgan fingerprint density at radius 1 is 0.562 bits per heavy atom. The molecule has 4 heteroatoms. The summed E-state index contributed by atoms with van der Waals surface area (Å²) in [6.07, 6.45) is 1.06. The first kappa shape index (κ1) is 30.9. The second kappa shape index (κ2) is 11.4. The monoisotopic (exact) mass is 454 g/mol. The van der Waals surface area contributed by atoms with Crippen LogP contribution in [0.4, 0.5) is 0 Å². The van der Waals surface area contributed by atoms with Crippen molar-refractivity contribution in [3.63, 3.8) is 0 Å². The molecule has 2 atom stereocenters. The van der Waals surface area contributed by atoms with Crippen LogP contribution >= 0.6 is 0 Å². The van der Waals surface area contributed by atoms with Gasteiger partial charge in [0, 0.05) is 10.8 Å². The van der Waals surface area contributed by atoms with E-state index < -0.39 is 10.8 Å². The van der Waals surface area contributed by atoms with Crippen molar-refractivity contribution in [3.05, 3.63) is 0 Å². The second-order valence-electron chi connectivity index (χ2n) is 12.4. The molecule has 2 unspecified atom stereocenters. The molecule has 0 fully saturated rings. The van der Waals surface area contributed by atoms with Crippen LogP contribution in [0.25, 0.3) is 0 Å². The summed E-state index contributed by atoms with van der Waals surface area (Å²) in [7, 11) is 0. The summed E-state index contributed by atoms with van der Waals surface area (Å²) in [4.78, 5) is 27.8. The standard InChI is InChI=1S/C28H54O4/c1-15-27(21(7)8,23(29)31-17-25(11,12)19(3)4)28(16-2,22(9)10)24(30)32-18-26(13,14)20(5)6/h19-22H,15-18H2,1-14H3. The first-order valence-corrected chi connectivity index (χ1v) is 12.7. The van der Waals surface area contributed by atoms with E-state index >= 15 is 0 Å². The van der Waals surface area contributed by atoms with E-state index in [0.29, 0.717) is 37.9 Å². The van der Waals surface area contributed by atoms with Gasteiger partial charge in [-0.05, 0) is 36.5 Å². The van der Waals surface area contributed by atoms with Crippen molar-refractivity contribution in [1.82, 2.24) is 0 Å². The molecule has 0 N–H and O–H groups in total. The van der Waals surface area contributed by atoms with Gasteiger partial charge < -0.3 is 9.47 Å². The molecular weight excluding hydrogens is 400 g/mol. The quantitative estimate of drug-likeness (QED) is 0.270. The van der Waals surface area contributed by atoms with Crippen LogP contribution in [0.3, 0.4) is 0 Å². The Kier molecular flexibility index (Phi) is 11.0. The third kappa shape index (κ3) is 5.89. The SMILES string of the molecule is CCC(C(=O)OCC(C)(C)C(C)C)(C(C)C)C(CC)(C(=O)OCC(C)(C)C(C)C)C(C)C. The van der Waals surface area contributed by atoms with E-state index in [2.05, 4.69) is 55.4 Å². The summed E-state index contributed by atoms with van der Waals surface area (Å²) < 4.78 is 12.1. The minimum absolute atomic E-state index is 0.0739. The average Bonchev–Trinajstić information content (AvgIpc) is 2.67. The molecule has 0 spiro atoms. The third-order valence-corrected chi connectivity index (χ3v) is 8.89. The fourth-order valence-electron chi connectivity index (χ4n) is 4.70. The maximum absolute atomic E-state index is 13.9. The van der Waals surface area contributed by atoms with Gasteiger partial charge in [-0.3, -0.25) is 9.59 Å². The van der Waals surface area contributed by atoms with Crippen LogP contribution in [0, 0.1) is 45.3 Å². The van der Waals surface area contributed by atoms with Gasteiger partial charge in [-0.25, -0.2) is 0 Å². The van der Waals surface area contributed by atoms with E-state index in [1.54, 1.807) is 0 Å². The Balaban J connectivity index is 6.41. The Morgan fingerprint density at radius 3 is 0.969 bits per heavy atom. The van der Waals surface area contributed by atoms with Crippen molar-refractivity contribution in [3.8, 4) is 0 Å². The minimum atomic E-state index is -0.956. The van der Waals surface area contributed by atoms with Gasteiger partial charge in [0.15, 0.2) is 0 Å². The van der Waals surface area contributed by atoms with E-state index in [1.807, 2.05) is 41.5 Å². The molecule has 0 radical (unpaired) electrons. The van der Waals surface area contributed by atoms with Gasteiger partial charge in [-0.2, -0.15) is 0 Å². The van der Waals surface area contributed by atoms with Crippen molar-refractivity contribution < 1.29 is 19.1 Å². The van der Waals surface area contributed by atoms with Gasteiger partial charge in [0.1, 0.15) is 0 Å². The van der Waals surface area contributed by atoms with Crippen molar-refractivity contribution in [2.75, 3.05) is 13.2 Å². The van der Waals surface area contributed by atoms with E-state index in [-0.39, 0.29) is 34.6 Å². The van der Waals surface area contributed by atoms with Gasteiger partial charge >= 0.3 is 11.9 Å². The van der Waals surface area contributed by atoms with Crippen LogP contribution in [0.2, 0.25) is 0 Å². The van der Waals surface area contributed by atoms with Gasteiger partial charge in [-0.15, -0.1) is 0 Å². The number of carbonyl (C=O) groups excluding carboxylic acids is 2. The Labute approximate surface area is 199 Å². The lowest BCUT2D eigenvalue weighted by molar-refractivity contribution is -0.198. The lowest BCUT2D eigenvalue weighted by atomic mass is 9.51. The van der Waals surface area contributed by atoms with Crippen LogP contribution in [-0.4, -0.2) is 25.2 Å². The molecule has 0 rings (SSSR count). The molecular formula is C28H54O4. The third-order valence-electron chi connectivity index (χ3n) is 8.89. The largest absolute Gasteiger partial charge is 0.465 e. The molecule has 32 heavy (non-hydrogen) atoms. The molecule has 0 heterocycles. The Morgan fingerprint density at radius 2 is 0.812 bits per heavy atom. The summed E-state index contributed by atoms with van der Waals surface area (Å²) in [5.41, 5.74) is -2.19. The van der Waals surface area contributed by atoms with Crippen LogP contribution in [0.15, 0.2) is 0 Å². The Hall–Kier alpha value is -1.06. The number of rotatable bonds is 13. The fourth-order valence-corrected chi connectivity index (χ4v) is 4.70. The van der Waals surface area contributed by atoms with Gasteiger partial charge in [-0.1, -0.05) is 96.9 Å². The van der Waals surface area contributed by atoms with Crippen LogP contribution in [-0.2, 0) is 19.1 Å². The summed E-state index contributed by atoms with van der Waals surface area (Å²) in [5.74, 6) is 0.0632. The normalized spacial score (nSPS) is 16.9. The lowest BCUT2D eigenvalue weighted by Gasteiger charge is -2.51. The van der Waals surface area contributed by atoms with Gasteiger partial charge in [0.25, 0.3) is 0 Å². The molecule has 4 nitrogen and oxygen atoms in total. The number of esters is 2. The summed E-state index contributed by atoms with van der Waals surface area (Å²) >= 11 is 0. The summed E-state index contributed by atoms with van der Waals surface area (Å²) in [6.45, 7) is 29.9. The number of carbonyl (C=O) groups is 2. The molecule has 190 valence electrons. The lowest BCUT2D eigenvalue weighted by Crippen LogP contribution is -2.59. The number of hydrogen-bond acceptors (Lipinski definition) is 4. The van der Waals surface area contributed by atoms with Crippen molar-refractivity contribution >= 4 is 11.9 Å². The van der Waals surface area contributed by atoms with E-state index in [9.17, 15) is 9.59 Å². The van der Waals surface area contributed by atoms with Gasteiger partial charge in [0.05, 0.1) is 24.0 Å². The predicted molar refractivity (Wildman–Crippen MR) is 134 cm³/mol. The maximum atomic E-state index is 13.9. The van der Waals surface area contributed by atoms with E-state index in [0.717, 1.165) is 0 Å². The zero-order chi connectivity index (χ0) is 25.7. The highest BCUT2D eigenvalue weighted by molar-refractivity contribution is 5.89. The van der Waals surface area contributed by atoms with Crippen molar-refractivity contribution in [2.45, 2.75) is 110 Å². The molecule has 0 aromatic carbocycles. The Bertz CT molecular complexity index is 561. The number of hydrogen-bond donors (Lipinski definition) is 0. The van der Waals surface area contributed by atoms with Crippen LogP contribution < -0.4 is 0 Å². The predicted octanol–water partition coefficient (Wildman–Crippen LogP) is 7.54. The first-order valence-electron chi connectivity index (χ1n) is 12.7. The highest BCUT2D eigenvalue weighted by Crippen LogP contribution is 2.56. The highest BCUT2D eigenvalue weighted by Gasteiger charge is 2.63. The zero-order valence-corrected chi connectivity index (χ0v) is 23.8. The molecule has 0 amide bonds. The molecule has 0 aliphatic heterocycles. The first-order chi connectivity index (χ1) is 14.4. The van der Waals surface area contributed by atoms with Crippen LogP contribution in [0.5, 0.6) is 0 Å². The average molecular weight is 455 g/mol. The van der Waals surface area contributed by atoms with Gasteiger partial charge in [0.2, 0.25) is 0 Å². The molecule has 0 aliphatic rings. The highest BCUT2D eigenvalue weighted by atomic mass is 16.5. The zero-order valence-electron chi connectivity index (χ0n) is 23.8. The molecule has 0 aromatic heterocycles. The van der Waals surface area contributed by atoms with E-state index in [1.165, 1.54) is 0 Å². The number of ether oxygens (including phenoxy) is 2. The van der Waals surface area contributed by atoms with Crippen molar-refractivity contribution in [1.29, 1.82) is 0 Å². The summed E-state index contributed by atoms with van der Waals surface area (Å²) in [5, 5.41) is 0. The summed E-state index contributed by atoms with van der Waals surface area (Å²) in [6, 6.07) is 0. The molecule has 0 bridgehead atoms. The van der Waals surface area contributed by atoms with E-state index in [4.69, 9.17) is 9.47 Å². The topological polar surface area (TPSA) is 52.6 Å². The molecule has 0 saturated heterocycles.